The van der Waals surface area contributed by atoms with Crippen LogP contribution in [-0.2, 0) is 9.53 Å². The first-order valence-electron chi connectivity index (χ1n) is 5.84. The van der Waals surface area contributed by atoms with E-state index in [0.29, 0.717) is 13.2 Å². The fraction of sp³-hybridized carbons (Fsp3) is 0.750. The van der Waals surface area contributed by atoms with Gasteiger partial charge in [-0.25, -0.2) is 0 Å². The van der Waals surface area contributed by atoms with Gasteiger partial charge >= 0.3 is 0 Å². The van der Waals surface area contributed by atoms with E-state index in [2.05, 4.69) is 6.58 Å². The number of piperidine rings is 1. The first-order valence-corrected chi connectivity index (χ1v) is 5.84. The molecule has 4 nitrogen and oxygen atoms in total. The quantitative estimate of drug-likeness (QED) is 0.562. The average molecular weight is 227 g/mol. The zero-order valence-electron chi connectivity index (χ0n) is 9.89. The van der Waals surface area contributed by atoms with Crippen LogP contribution in [0.15, 0.2) is 12.7 Å². The van der Waals surface area contributed by atoms with Gasteiger partial charge in [0.25, 0.3) is 5.91 Å². The number of hydrogen-bond donors (Lipinski definition) is 1. The van der Waals surface area contributed by atoms with Gasteiger partial charge in [-0.15, -0.1) is 6.58 Å². The third-order valence-corrected chi connectivity index (χ3v) is 2.75. The predicted molar refractivity (Wildman–Crippen MR) is 62.0 cm³/mol. The van der Waals surface area contributed by atoms with E-state index in [1.807, 2.05) is 0 Å². The molecular formula is C12H21NO3. The molecule has 1 aliphatic rings. The number of carbonyl (C=O) groups is 1. The van der Waals surface area contributed by atoms with Crippen LogP contribution >= 0.6 is 0 Å². The second kappa shape index (κ2) is 6.66. The van der Waals surface area contributed by atoms with E-state index in [0.717, 1.165) is 25.8 Å². The number of rotatable bonds is 5. The fourth-order valence-corrected chi connectivity index (χ4v) is 1.81. The lowest BCUT2D eigenvalue weighted by molar-refractivity contribution is -0.145. The van der Waals surface area contributed by atoms with Crippen molar-refractivity contribution in [2.75, 3.05) is 19.7 Å². The molecule has 0 aromatic carbocycles. The summed E-state index contributed by atoms with van der Waals surface area (Å²) in [5, 5.41) is 9.48. The molecule has 1 fully saturated rings. The Balaban J connectivity index is 2.34. The van der Waals surface area contributed by atoms with Crippen molar-refractivity contribution in [1.82, 2.24) is 4.90 Å². The van der Waals surface area contributed by atoms with Gasteiger partial charge in [-0.2, -0.15) is 0 Å². The number of amides is 1. The molecule has 1 heterocycles. The first-order chi connectivity index (χ1) is 7.65. The van der Waals surface area contributed by atoms with Gasteiger partial charge in [0.1, 0.15) is 6.10 Å². The Morgan fingerprint density at radius 2 is 2.50 bits per heavy atom. The van der Waals surface area contributed by atoms with Crippen LogP contribution in [0.2, 0.25) is 0 Å². The van der Waals surface area contributed by atoms with Crippen LogP contribution in [0.4, 0.5) is 0 Å². The van der Waals surface area contributed by atoms with E-state index in [1.165, 1.54) is 0 Å². The van der Waals surface area contributed by atoms with Crippen LogP contribution < -0.4 is 0 Å². The van der Waals surface area contributed by atoms with Crippen LogP contribution in [0.3, 0.4) is 0 Å². The van der Waals surface area contributed by atoms with Gasteiger partial charge in [0, 0.05) is 13.1 Å². The van der Waals surface area contributed by atoms with E-state index >= 15 is 0 Å². The second-order valence-corrected chi connectivity index (χ2v) is 4.17. The number of aliphatic hydroxyl groups excluding tert-OH is 1. The average Bonchev–Trinajstić information content (AvgIpc) is 2.28. The monoisotopic (exact) mass is 227 g/mol. The molecule has 0 aromatic heterocycles. The van der Waals surface area contributed by atoms with E-state index in [-0.39, 0.29) is 12.0 Å². The van der Waals surface area contributed by atoms with Gasteiger partial charge in [0.15, 0.2) is 0 Å². The number of carbonyl (C=O) groups excluding carboxylic acids is 1. The summed E-state index contributed by atoms with van der Waals surface area (Å²) in [6, 6.07) is 0. The van der Waals surface area contributed by atoms with Gasteiger partial charge in [-0.1, -0.05) is 6.08 Å². The number of aliphatic hydroxyl groups is 1. The summed E-state index contributed by atoms with van der Waals surface area (Å²) >= 11 is 0. The maximum absolute atomic E-state index is 11.9. The summed E-state index contributed by atoms with van der Waals surface area (Å²) in [7, 11) is 0. The fourth-order valence-electron chi connectivity index (χ4n) is 1.81. The van der Waals surface area contributed by atoms with Crippen molar-refractivity contribution in [3.63, 3.8) is 0 Å². The lowest BCUT2D eigenvalue weighted by atomic mass is 10.1. The van der Waals surface area contributed by atoms with E-state index < -0.39 is 6.10 Å². The van der Waals surface area contributed by atoms with Crippen molar-refractivity contribution in [3.05, 3.63) is 12.7 Å². The van der Waals surface area contributed by atoms with Gasteiger partial charge in [-0.05, 0) is 26.2 Å². The van der Waals surface area contributed by atoms with Gasteiger partial charge < -0.3 is 14.7 Å². The van der Waals surface area contributed by atoms with E-state index in [9.17, 15) is 9.90 Å². The van der Waals surface area contributed by atoms with Crippen molar-refractivity contribution in [1.29, 1.82) is 0 Å². The van der Waals surface area contributed by atoms with Gasteiger partial charge in [0.05, 0.1) is 12.7 Å². The van der Waals surface area contributed by atoms with Crippen molar-refractivity contribution >= 4 is 5.91 Å². The van der Waals surface area contributed by atoms with Gasteiger partial charge in [0.2, 0.25) is 0 Å². The van der Waals surface area contributed by atoms with Crippen LogP contribution in [-0.4, -0.2) is 47.8 Å². The Bertz CT molecular complexity index is 242. The molecule has 0 aliphatic carbocycles. The van der Waals surface area contributed by atoms with Crippen molar-refractivity contribution in [2.24, 2.45) is 0 Å². The first kappa shape index (κ1) is 13.2. The molecule has 1 amide bonds. The summed E-state index contributed by atoms with van der Waals surface area (Å²) in [5.74, 6) is -0.0252. The summed E-state index contributed by atoms with van der Waals surface area (Å²) in [5.41, 5.74) is 0. The van der Waals surface area contributed by atoms with E-state index in [1.54, 1.807) is 17.9 Å². The van der Waals surface area contributed by atoms with Crippen LogP contribution in [0.25, 0.3) is 0 Å². The number of β-amino-alcohol motifs (C(OH)–C–C–N with tert-alkyl or cyclic N) is 1. The Labute approximate surface area is 96.9 Å². The molecule has 92 valence electrons. The Hall–Kier alpha value is -0.870. The lowest BCUT2D eigenvalue weighted by Gasteiger charge is -2.31. The largest absolute Gasteiger partial charge is 0.391 e. The molecule has 0 spiro atoms. The molecule has 0 bridgehead atoms. The maximum atomic E-state index is 11.9. The Kier molecular flexibility index (Phi) is 5.49. The summed E-state index contributed by atoms with van der Waals surface area (Å²) in [6.45, 7) is 7.04. The molecule has 0 saturated carbocycles. The molecule has 16 heavy (non-hydrogen) atoms. The molecule has 1 N–H and O–H groups in total. The summed E-state index contributed by atoms with van der Waals surface area (Å²) in [6.07, 6.45) is 3.37. The second-order valence-electron chi connectivity index (χ2n) is 4.17. The SMILES string of the molecule is C=CCCOC(C)C(=O)N1CCCC(O)C1. The third kappa shape index (κ3) is 3.94. The van der Waals surface area contributed by atoms with Crippen molar-refractivity contribution in [2.45, 2.75) is 38.4 Å². The minimum absolute atomic E-state index is 0.0252. The zero-order valence-corrected chi connectivity index (χ0v) is 9.89. The number of nitrogens with zero attached hydrogens (tertiary/aromatic N) is 1. The molecular weight excluding hydrogens is 206 g/mol. The molecule has 2 atom stereocenters. The third-order valence-electron chi connectivity index (χ3n) is 2.75. The Morgan fingerprint density at radius 3 is 3.12 bits per heavy atom. The summed E-state index contributed by atoms with van der Waals surface area (Å²) < 4.78 is 5.39. The van der Waals surface area contributed by atoms with Gasteiger partial charge in [-0.3, -0.25) is 4.79 Å². The number of likely N-dealkylation sites (tertiary alicyclic amines) is 1. The molecule has 2 unspecified atom stereocenters. The molecule has 1 saturated heterocycles. The Morgan fingerprint density at radius 1 is 1.75 bits per heavy atom. The van der Waals surface area contributed by atoms with Crippen molar-refractivity contribution in [3.8, 4) is 0 Å². The molecule has 1 aliphatic heterocycles. The highest BCUT2D eigenvalue weighted by atomic mass is 16.5. The normalized spacial score (nSPS) is 22.9. The molecule has 0 radical (unpaired) electrons. The smallest absolute Gasteiger partial charge is 0.251 e. The van der Waals surface area contributed by atoms with Crippen molar-refractivity contribution < 1.29 is 14.6 Å². The molecule has 1 rings (SSSR count). The standard InChI is InChI=1S/C12H21NO3/c1-3-4-8-16-10(2)12(15)13-7-5-6-11(14)9-13/h3,10-11,14H,1,4-9H2,2H3. The van der Waals surface area contributed by atoms with Crippen LogP contribution in [0.1, 0.15) is 26.2 Å². The van der Waals surface area contributed by atoms with E-state index in [4.69, 9.17) is 4.74 Å². The number of ether oxygens (including phenoxy) is 1. The molecule has 0 aromatic rings. The lowest BCUT2D eigenvalue weighted by Crippen LogP contribution is -2.46. The zero-order chi connectivity index (χ0) is 12.0. The maximum Gasteiger partial charge on any atom is 0.251 e. The van der Waals surface area contributed by atoms with Crippen LogP contribution in [0, 0.1) is 0 Å². The molecule has 4 heteroatoms. The highest BCUT2D eigenvalue weighted by Gasteiger charge is 2.25. The highest BCUT2D eigenvalue weighted by molar-refractivity contribution is 5.80. The number of hydrogen-bond acceptors (Lipinski definition) is 3. The minimum atomic E-state index is -0.426. The highest BCUT2D eigenvalue weighted by Crippen LogP contribution is 2.12. The minimum Gasteiger partial charge on any atom is -0.391 e. The predicted octanol–water partition coefficient (Wildman–Crippen LogP) is 0.951. The topological polar surface area (TPSA) is 49.8 Å². The summed E-state index contributed by atoms with van der Waals surface area (Å²) in [4.78, 5) is 13.6. The van der Waals surface area contributed by atoms with Crippen LogP contribution in [0.5, 0.6) is 0 Å².